The van der Waals surface area contributed by atoms with Crippen molar-refractivity contribution in [3.05, 3.63) is 60.0 Å². The zero-order chi connectivity index (χ0) is 17.9. The van der Waals surface area contributed by atoms with Gasteiger partial charge in [0.15, 0.2) is 11.5 Å². The van der Waals surface area contributed by atoms with Crippen molar-refractivity contribution >= 4 is 22.9 Å². The molecule has 0 unspecified atom stereocenters. The molecule has 3 heterocycles. The molecule has 0 atom stereocenters. The summed E-state index contributed by atoms with van der Waals surface area (Å²) in [5.74, 6) is 0.192. The van der Waals surface area contributed by atoms with Gasteiger partial charge in [0.25, 0.3) is 5.91 Å². The lowest BCUT2D eigenvalue weighted by atomic mass is 10.1. The van der Waals surface area contributed by atoms with Crippen molar-refractivity contribution in [2.45, 2.75) is 19.8 Å². The first-order chi connectivity index (χ1) is 12.7. The number of nitrogens with zero attached hydrogens (tertiary/aromatic N) is 3. The fourth-order valence-electron chi connectivity index (χ4n) is 2.82. The summed E-state index contributed by atoms with van der Waals surface area (Å²) in [4.78, 5) is 23.5. The van der Waals surface area contributed by atoms with Crippen LogP contribution < -0.4 is 5.32 Å². The highest BCUT2D eigenvalue weighted by atomic mass is 16.1. The molecular weight excluding hydrogens is 328 g/mol. The molecule has 0 spiro atoms. The van der Waals surface area contributed by atoms with Crippen molar-refractivity contribution in [3.8, 4) is 11.3 Å². The molecule has 0 radical (unpaired) electrons. The van der Waals surface area contributed by atoms with E-state index in [1.807, 2.05) is 6.07 Å². The van der Waals surface area contributed by atoms with Crippen molar-refractivity contribution in [2.24, 2.45) is 0 Å². The van der Waals surface area contributed by atoms with E-state index in [0.717, 1.165) is 24.1 Å². The molecule has 0 fully saturated rings. The molecule has 130 valence electrons. The molecule has 0 bridgehead atoms. The van der Waals surface area contributed by atoms with Crippen LogP contribution in [0.5, 0.6) is 0 Å². The summed E-state index contributed by atoms with van der Waals surface area (Å²) in [5.41, 5.74) is 4.92. The molecule has 3 N–H and O–H groups in total. The largest absolute Gasteiger partial charge is 0.343 e. The Labute approximate surface area is 149 Å². The molecule has 0 aliphatic carbocycles. The normalized spacial score (nSPS) is 11.0. The van der Waals surface area contributed by atoms with Crippen molar-refractivity contribution in [1.82, 2.24) is 25.1 Å². The van der Waals surface area contributed by atoms with Gasteiger partial charge in [-0.3, -0.25) is 9.89 Å². The Morgan fingerprint density at radius 1 is 1.15 bits per heavy atom. The Balaban J connectivity index is 1.49. The first-order valence-electron chi connectivity index (χ1n) is 8.48. The molecule has 0 aliphatic rings. The van der Waals surface area contributed by atoms with Gasteiger partial charge in [-0.05, 0) is 23.6 Å². The second kappa shape index (κ2) is 6.79. The molecule has 4 aromatic rings. The van der Waals surface area contributed by atoms with E-state index in [9.17, 15) is 4.79 Å². The fraction of sp³-hybridized carbons (Fsp3) is 0.158. The standard InChI is InChI=1S/C19H18N6O/c1-2-3-12-4-6-13(7-5-12)15-9-17(25-24-15)23-19(26)14-8-16-18(20-10-14)22-11-21-16/h4-11H,2-3H2,1H3,(H,20,21,22)(H2,23,24,25,26). The minimum absolute atomic E-state index is 0.273. The van der Waals surface area contributed by atoms with Gasteiger partial charge in [0.1, 0.15) is 0 Å². The number of amides is 1. The maximum Gasteiger partial charge on any atom is 0.258 e. The van der Waals surface area contributed by atoms with E-state index < -0.39 is 0 Å². The van der Waals surface area contributed by atoms with Crippen LogP contribution in [0.25, 0.3) is 22.4 Å². The van der Waals surface area contributed by atoms with Crippen LogP contribution in [0.1, 0.15) is 29.3 Å². The number of carbonyl (C=O) groups excluding carboxylic acids is 1. The zero-order valence-corrected chi connectivity index (χ0v) is 14.3. The summed E-state index contributed by atoms with van der Waals surface area (Å²) in [5, 5.41) is 9.91. The molecule has 0 aliphatic heterocycles. The average Bonchev–Trinajstić information content (AvgIpc) is 3.31. The highest BCUT2D eigenvalue weighted by Crippen LogP contribution is 2.21. The zero-order valence-electron chi connectivity index (χ0n) is 14.3. The van der Waals surface area contributed by atoms with Crippen LogP contribution >= 0.6 is 0 Å². The number of aryl methyl sites for hydroxylation is 1. The number of benzene rings is 1. The minimum atomic E-state index is -0.273. The van der Waals surface area contributed by atoms with Gasteiger partial charge in [0, 0.05) is 12.3 Å². The Morgan fingerprint density at radius 3 is 2.81 bits per heavy atom. The monoisotopic (exact) mass is 346 g/mol. The van der Waals surface area contributed by atoms with Gasteiger partial charge in [-0.25, -0.2) is 9.97 Å². The lowest BCUT2D eigenvalue weighted by Crippen LogP contribution is -2.12. The van der Waals surface area contributed by atoms with Gasteiger partial charge in [-0.15, -0.1) is 0 Å². The molecule has 26 heavy (non-hydrogen) atoms. The minimum Gasteiger partial charge on any atom is -0.343 e. The Hall–Kier alpha value is -3.48. The topological polar surface area (TPSA) is 99.3 Å². The highest BCUT2D eigenvalue weighted by Gasteiger charge is 2.11. The molecule has 3 aromatic heterocycles. The molecule has 4 rings (SSSR count). The summed E-state index contributed by atoms with van der Waals surface area (Å²) in [6.07, 6.45) is 5.24. The van der Waals surface area contributed by atoms with E-state index in [4.69, 9.17) is 0 Å². The predicted octanol–water partition coefficient (Wildman–Crippen LogP) is 3.55. The average molecular weight is 346 g/mol. The molecule has 7 heteroatoms. The van der Waals surface area contributed by atoms with E-state index in [0.29, 0.717) is 22.5 Å². The van der Waals surface area contributed by atoms with E-state index >= 15 is 0 Å². The summed E-state index contributed by atoms with van der Waals surface area (Å²) in [6, 6.07) is 11.9. The van der Waals surface area contributed by atoms with Crippen LogP contribution in [0.3, 0.4) is 0 Å². The van der Waals surface area contributed by atoms with E-state index in [1.165, 1.54) is 11.8 Å². The quantitative estimate of drug-likeness (QED) is 0.514. The molecule has 0 saturated carbocycles. The number of hydrogen-bond donors (Lipinski definition) is 3. The van der Waals surface area contributed by atoms with Crippen LogP contribution in [0.2, 0.25) is 0 Å². The number of rotatable bonds is 5. The van der Waals surface area contributed by atoms with Gasteiger partial charge in [-0.1, -0.05) is 37.6 Å². The summed E-state index contributed by atoms with van der Waals surface area (Å²) in [6.45, 7) is 2.16. The lowest BCUT2D eigenvalue weighted by Gasteiger charge is -2.01. The predicted molar refractivity (Wildman–Crippen MR) is 99.9 cm³/mol. The third-order valence-corrected chi connectivity index (χ3v) is 4.16. The molecule has 1 amide bonds. The van der Waals surface area contributed by atoms with Crippen LogP contribution in [-0.2, 0) is 6.42 Å². The maximum absolute atomic E-state index is 12.4. The van der Waals surface area contributed by atoms with Crippen molar-refractivity contribution in [1.29, 1.82) is 0 Å². The molecule has 0 saturated heterocycles. The van der Waals surface area contributed by atoms with Gasteiger partial charge < -0.3 is 10.3 Å². The fourth-order valence-corrected chi connectivity index (χ4v) is 2.82. The smallest absolute Gasteiger partial charge is 0.258 e. The third-order valence-electron chi connectivity index (χ3n) is 4.16. The van der Waals surface area contributed by atoms with Crippen molar-refractivity contribution in [3.63, 3.8) is 0 Å². The number of carbonyl (C=O) groups is 1. The summed E-state index contributed by atoms with van der Waals surface area (Å²) >= 11 is 0. The van der Waals surface area contributed by atoms with Gasteiger partial charge in [-0.2, -0.15) is 5.10 Å². The Morgan fingerprint density at radius 2 is 2.00 bits per heavy atom. The SMILES string of the molecule is CCCc1ccc(-c2cc(NC(=O)c3cnc4nc[nH]c4c3)n[nH]2)cc1. The number of imidazole rings is 1. The molecular formula is C19H18N6O. The summed E-state index contributed by atoms with van der Waals surface area (Å²) < 4.78 is 0. The third kappa shape index (κ3) is 3.19. The van der Waals surface area contributed by atoms with Crippen LogP contribution in [0.15, 0.2) is 48.9 Å². The van der Waals surface area contributed by atoms with Crippen molar-refractivity contribution in [2.75, 3.05) is 5.32 Å². The van der Waals surface area contributed by atoms with E-state index in [1.54, 1.807) is 12.4 Å². The number of H-pyrrole nitrogens is 2. The van der Waals surface area contributed by atoms with E-state index in [-0.39, 0.29) is 5.91 Å². The van der Waals surface area contributed by atoms with Gasteiger partial charge in [0.05, 0.1) is 23.1 Å². The molecule has 7 nitrogen and oxygen atoms in total. The van der Waals surface area contributed by atoms with Crippen LogP contribution in [0.4, 0.5) is 5.82 Å². The van der Waals surface area contributed by atoms with Crippen molar-refractivity contribution < 1.29 is 4.79 Å². The second-order valence-electron chi connectivity index (χ2n) is 6.07. The van der Waals surface area contributed by atoms with E-state index in [2.05, 4.69) is 61.7 Å². The van der Waals surface area contributed by atoms with Gasteiger partial charge >= 0.3 is 0 Å². The Bertz CT molecular complexity index is 1050. The lowest BCUT2D eigenvalue weighted by molar-refractivity contribution is 0.102. The Kier molecular flexibility index (Phi) is 4.18. The number of aromatic nitrogens is 5. The number of pyridine rings is 1. The van der Waals surface area contributed by atoms with Crippen LogP contribution in [0, 0.1) is 0 Å². The first-order valence-corrected chi connectivity index (χ1v) is 8.48. The maximum atomic E-state index is 12.4. The number of anilines is 1. The second-order valence-corrected chi connectivity index (χ2v) is 6.07. The summed E-state index contributed by atoms with van der Waals surface area (Å²) in [7, 11) is 0. The number of hydrogen-bond acceptors (Lipinski definition) is 4. The van der Waals surface area contributed by atoms with Crippen LogP contribution in [-0.4, -0.2) is 31.1 Å². The van der Waals surface area contributed by atoms with Gasteiger partial charge in [0.2, 0.25) is 0 Å². The number of fused-ring (bicyclic) bond motifs is 1. The first kappa shape index (κ1) is 16.0. The highest BCUT2D eigenvalue weighted by molar-refractivity contribution is 6.05. The molecule has 1 aromatic carbocycles. The number of nitrogens with one attached hydrogen (secondary N) is 3. The number of aromatic amines is 2.